The van der Waals surface area contributed by atoms with E-state index < -0.39 is 0 Å². The Hall–Kier alpha value is -0.610. The number of thiophene rings is 1. The van der Waals surface area contributed by atoms with Crippen LogP contribution in [0.15, 0.2) is 40.2 Å². The smallest absolute Gasteiger partial charge is 0.134 e. The largest absolute Gasteiger partial charge is 0.236 e. The molecule has 0 N–H and O–H groups in total. The molecule has 0 fully saturated rings. The van der Waals surface area contributed by atoms with Gasteiger partial charge in [-0.15, -0.1) is 11.3 Å². The van der Waals surface area contributed by atoms with Crippen LogP contribution in [0, 0.1) is 0 Å². The number of benzene rings is 1. The molecule has 96 valence electrons. The lowest BCUT2D eigenvalue weighted by molar-refractivity contribution is 1.20. The number of hydrogen-bond acceptors (Lipinski definition) is 2. The third-order valence-electron chi connectivity index (χ3n) is 2.86. The highest BCUT2D eigenvalue weighted by atomic mass is 79.9. The standard InChI is InChI=1S/C14H8BrCl2NS/c15-8-3-4-12-10(6-8)13(16)11(14(17)18-12)7-9-2-1-5-19-9/h1-6H,7H2. The molecule has 0 spiro atoms. The fourth-order valence-corrected chi connectivity index (χ4v) is 3.63. The van der Waals surface area contributed by atoms with Gasteiger partial charge in [0.2, 0.25) is 0 Å². The van der Waals surface area contributed by atoms with Crippen LogP contribution in [0.2, 0.25) is 10.2 Å². The van der Waals surface area contributed by atoms with Crippen molar-refractivity contribution in [2.75, 3.05) is 0 Å². The van der Waals surface area contributed by atoms with Crippen LogP contribution in [-0.4, -0.2) is 4.98 Å². The lowest BCUT2D eigenvalue weighted by Gasteiger charge is -2.09. The Morgan fingerprint density at radius 2 is 2.05 bits per heavy atom. The first-order chi connectivity index (χ1) is 9.15. The van der Waals surface area contributed by atoms with E-state index in [1.165, 1.54) is 4.88 Å². The van der Waals surface area contributed by atoms with Crippen molar-refractivity contribution in [1.82, 2.24) is 4.98 Å². The van der Waals surface area contributed by atoms with Gasteiger partial charge in [-0.1, -0.05) is 45.2 Å². The molecule has 0 aliphatic rings. The molecule has 0 saturated heterocycles. The molecule has 0 bridgehead atoms. The van der Waals surface area contributed by atoms with Gasteiger partial charge in [-0.05, 0) is 29.6 Å². The summed E-state index contributed by atoms with van der Waals surface area (Å²) in [6.07, 6.45) is 0.713. The normalized spacial score (nSPS) is 11.1. The zero-order valence-corrected chi connectivity index (χ0v) is 13.6. The van der Waals surface area contributed by atoms with Crippen LogP contribution in [0.25, 0.3) is 10.9 Å². The molecule has 3 aromatic rings. The molecule has 0 radical (unpaired) electrons. The van der Waals surface area contributed by atoms with E-state index in [9.17, 15) is 0 Å². The van der Waals surface area contributed by atoms with Gasteiger partial charge in [-0.2, -0.15) is 0 Å². The molecular weight excluding hydrogens is 365 g/mol. The summed E-state index contributed by atoms with van der Waals surface area (Å²) >= 11 is 17.9. The Balaban J connectivity index is 2.18. The number of aromatic nitrogens is 1. The minimum atomic E-state index is 0.480. The van der Waals surface area contributed by atoms with Crippen molar-refractivity contribution >= 4 is 61.4 Å². The topological polar surface area (TPSA) is 12.9 Å². The fourth-order valence-electron chi connectivity index (χ4n) is 1.95. The van der Waals surface area contributed by atoms with E-state index >= 15 is 0 Å². The van der Waals surface area contributed by atoms with Crippen LogP contribution in [0.5, 0.6) is 0 Å². The first kappa shape index (κ1) is 13.4. The Morgan fingerprint density at radius 1 is 1.21 bits per heavy atom. The summed E-state index contributed by atoms with van der Waals surface area (Å²) in [6.45, 7) is 0. The molecule has 2 heterocycles. The van der Waals surface area contributed by atoms with Gasteiger partial charge < -0.3 is 0 Å². The number of rotatable bonds is 2. The predicted octanol–water partition coefficient (Wildman–Crippen LogP) is 5.96. The van der Waals surface area contributed by atoms with Crippen LogP contribution < -0.4 is 0 Å². The molecule has 0 aliphatic heterocycles. The van der Waals surface area contributed by atoms with Gasteiger partial charge in [0, 0.05) is 26.7 Å². The van der Waals surface area contributed by atoms with Crippen LogP contribution in [0.4, 0.5) is 0 Å². The van der Waals surface area contributed by atoms with Gasteiger partial charge >= 0.3 is 0 Å². The molecule has 19 heavy (non-hydrogen) atoms. The lowest BCUT2D eigenvalue weighted by atomic mass is 10.1. The summed E-state index contributed by atoms with van der Waals surface area (Å²) in [7, 11) is 0. The quantitative estimate of drug-likeness (QED) is 0.506. The maximum absolute atomic E-state index is 6.50. The van der Waals surface area contributed by atoms with Gasteiger partial charge in [0.25, 0.3) is 0 Å². The monoisotopic (exact) mass is 371 g/mol. The average Bonchev–Trinajstić information content (AvgIpc) is 2.89. The molecule has 1 nitrogen and oxygen atoms in total. The highest BCUT2D eigenvalue weighted by Gasteiger charge is 2.13. The second kappa shape index (κ2) is 5.41. The Morgan fingerprint density at radius 3 is 2.79 bits per heavy atom. The molecule has 0 atom stereocenters. The summed E-state index contributed by atoms with van der Waals surface area (Å²) in [6, 6.07) is 9.90. The summed E-state index contributed by atoms with van der Waals surface area (Å²) in [4.78, 5) is 5.65. The second-order valence-corrected chi connectivity index (χ2v) is 6.80. The van der Waals surface area contributed by atoms with E-state index in [1.54, 1.807) is 11.3 Å². The average molecular weight is 373 g/mol. The zero-order chi connectivity index (χ0) is 13.4. The van der Waals surface area contributed by atoms with Crippen LogP contribution in [0.1, 0.15) is 10.4 Å². The third kappa shape index (κ3) is 2.65. The van der Waals surface area contributed by atoms with E-state index in [2.05, 4.69) is 27.0 Å². The Bertz CT molecular complexity index is 741. The molecule has 5 heteroatoms. The van der Waals surface area contributed by atoms with Crippen molar-refractivity contribution in [2.24, 2.45) is 0 Å². The molecule has 0 aliphatic carbocycles. The van der Waals surface area contributed by atoms with E-state index in [4.69, 9.17) is 23.2 Å². The fraction of sp³-hybridized carbons (Fsp3) is 0.0714. The predicted molar refractivity (Wildman–Crippen MR) is 86.6 cm³/mol. The Kier molecular flexibility index (Phi) is 3.81. The van der Waals surface area contributed by atoms with Crippen molar-refractivity contribution in [3.8, 4) is 0 Å². The summed E-state index contributed by atoms with van der Waals surface area (Å²) in [5.41, 5.74) is 1.70. The maximum atomic E-state index is 6.50. The summed E-state index contributed by atoms with van der Waals surface area (Å²) < 4.78 is 0.980. The first-order valence-corrected chi connectivity index (χ1v) is 8.03. The van der Waals surface area contributed by atoms with Crippen LogP contribution >= 0.6 is 50.5 Å². The summed E-state index contributed by atoms with van der Waals surface area (Å²) in [5, 5.41) is 4.13. The summed E-state index contributed by atoms with van der Waals surface area (Å²) in [5.74, 6) is 0. The first-order valence-electron chi connectivity index (χ1n) is 5.60. The third-order valence-corrected chi connectivity index (χ3v) is 4.97. The van der Waals surface area contributed by atoms with E-state index in [0.29, 0.717) is 16.6 Å². The highest BCUT2D eigenvalue weighted by Crippen LogP contribution is 2.34. The number of nitrogens with zero attached hydrogens (tertiary/aromatic N) is 1. The maximum Gasteiger partial charge on any atom is 0.134 e. The number of hydrogen-bond donors (Lipinski definition) is 0. The zero-order valence-electron chi connectivity index (χ0n) is 9.66. The van der Waals surface area contributed by atoms with Crippen molar-refractivity contribution in [2.45, 2.75) is 6.42 Å². The van der Waals surface area contributed by atoms with Crippen molar-refractivity contribution in [3.05, 3.63) is 60.8 Å². The molecule has 0 unspecified atom stereocenters. The highest BCUT2D eigenvalue weighted by molar-refractivity contribution is 9.10. The van der Waals surface area contributed by atoms with Gasteiger partial charge in [-0.3, -0.25) is 0 Å². The van der Waals surface area contributed by atoms with Gasteiger partial charge in [-0.25, -0.2) is 4.98 Å². The van der Waals surface area contributed by atoms with Gasteiger partial charge in [0.05, 0.1) is 10.5 Å². The number of fused-ring (bicyclic) bond motifs is 1. The molecule has 3 rings (SSSR count). The van der Waals surface area contributed by atoms with E-state index in [0.717, 1.165) is 20.9 Å². The minimum Gasteiger partial charge on any atom is -0.236 e. The Labute approximate surface area is 133 Å². The molecule has 1 aromatic carbocycles. The molecule has 0 saturated carbocycles. The SMILES string of the molecule is Clc1nc2ccc(Br)cc2c(Cl)c1Cc1cccs1. The van der Waals surface area contributed by atoms with Crippen LogP contribution in [-0.2, 0) is 6.42 Å². The number of pyridine rings is 1. The number of halogens is 3. The van der Waals surface area contributed by atoms with Gasteiger partial charge in [0.1, 0.15) is 5.15 Å². The van der Waals surface area contributed by atoms with E-state index in [1.807, 2.05) is 29.6 Å². The van der Waals surface area contributed by atoms with Crippen molar-refractivity contribution in [3.63, 3.8) is 0 Å². The van der Waals surface area contributed by atoms with Gasteiger partial charge in [0.15, 0.2) is 0 Å². The van der Waals surface area contributed by atoms with Crippen LogP contribution in [0.3, 0.4) is 0 Å². The van der Waals surface area contributed by atoms with Crippen molar-refractivity contribution in [1.29, 1.82) is 0 Å². The second-order valence-electron chi connectivity index (χ2n) is 4.11. The van der Waals surface area contributed by atoms with E-state index in [-0.39, 0.29) is 0 Å². The molecule has 2 aromatic heterocycles. The molecular formula is C14H8BrCl2NS. The minimum absolute atomic E-state index is 0.480. The molecule has 0 amide bonds. The van der Waals surface area contributed by atoms with Crippen molar-refractivity contribution < 1.29 is 0 Å². The lowest BCUT2D eigenvalue weighted by Crippen LogP contribution is -1.93.